The van der Waals surface area contributed by atoms with Crippen molar-refractivity contribution in [2.24, 2.45) is 0 Å². The summed E-state index contributed by atoms with van der Waals surface area (Å²) in [4.78, 5) is 36.6. The highest BCUT2D eigenvalue weighted by atomic mass is 16.5. The second-order valence-corrected chi connectivity index (χ2v) is 6.21. The van der Waals surface area contributed by atoms with Gasteiger partial charge in [0, 0.05) is 19.2 Å². The van der Waals surface area contributed by atoms with E-state index in [4.69, 9.17) is 14.2 Å². The van der Waals surface area contributed by atoms with Gasteiger partial charge in [-0.2, -0.15) is 0 Å². The van der Waals surface area contributed by atoms with Gasteiger partial charge in [-0.05, 0) is 44.5 Å². The minimum atomic E-state index is -1.05. The molecule has 0 radical (unpaired) electrons. The Balaban J connectivity index is 1.97. The van der Waals surface area contributed by atoms with Crippen LogP contribution in [0.3, 0.4) is 0 Å². The van der Waals surface area contributed by atoms with Crippen LogP contribution < -0.4 is 14.8 Å². The Morgan fingerprint density at radius 3 is 2.56 bits per heavy atom. The number of benzene rings is 1. The largest absolute Gasteiger partial charge is 0.493 e. The fraction of sp³-hybridized carbons (Fsp3) is 0.421. The lowest BCUT2D eigenvalue weighted by atomic mass is 10.2. The highest BCUT2D eigenvalue weighted by Crippen LogP contribution is 2.29. The Bertz CT molecular complexity index is 744. The van der Waals surface area contributed by atoms with Crippen molar-refractivity contribution in [3.8, 4) is 11.5 Å². The maximum absolute atomic E-state index is 12.1. The van der Waals surface area contributed by atoms with Crippen molar-refractivity contribution in [3.63, 3.8) is 0 Å². The number of carbonyl (C=O) groups excluding carboxylic acids is 3. The molecular weight excluding hydrogens is 352 g/mol. The molecule has 8 heteroatoms. The predicted molar refractivity (Wildman–Crippen MR) is 98.5 cm³/mol. The number of amides is 3. The number of hydrogen-bond acceptors (Lipinski definition) is 6. The van der Waals surface area contributed by atoms with E-state index < -0.39 is 24.0 Å². The molecule has 0 aromatic heterocycles. The Kier molecular flexibility index (Phi) is 6.81. The number of esters is 1. The van der Waals surface area contributed by atoms with E-state index in [0.29, 0.717) is 23.6 Å². The summed E-state index contributed by atoms with van der Waals surface area (Å²) in [6, 6.07) is 4.77. The average molecular weight is 376 g/mol. The number of hydrogen-bond donors (Lipinski definition) is 1. The zero-order valence-electron chi connectivity index (χ0n) is 15.9. The van der Waals surface area contributed by atoms with Gasteiger partial charge < -0.3 is 19.5 Å². The van der Waals surface area contributed by atoms with Crippen molar-refractivity contribution >= 4 is 24.0 Å². The van der Waals surface area contributed by atoms with Gasteiger partial charge in [0.15, 0.2) is 17.6 Å². The van der Waals surface area contributed by atoms with Gasteiger partial charge in [0.05, 0.1) is 13.2 Å². The summed E-state index contributed by atoms with van der Waals surface area (Å²) in [6.45, 7) is 5.92. The van der Waals surface area contributed by atoms with E-state index in [2.05, 4.69) is 5.32 Å². The second-order valence-electron chi connectivity index (χ2n) is 6.21. The van der Waals surface area contributed by atoms with Gasteiger partial charge in [-0.3, -0.25) is 9.69 Å². The van der Waals surface area contributed by atoms with Gasteiger partial charge >= 0.3 is 12.0 Å². The van der Waals surface area contributed by atoms with Gasteiger partial charge in [-0.15, -0.1) is 0 Å². The zero-order chi connectivity index (χ0) is 20.0. The molecule has 1 aliphatic heterocycles. The number of imide groups is 1. The van der Waals surface area contributed by atoms with E-state index in [1.807, 2.05) is 13.8 Å². The van der Waals surface area contributed by atoms with E-state index in [0.717, 1.165) is 4.90 Å². The molecule has 1 aromatic rings. The molecule has 0 unspecified atom stereocenters. The number of urea groups is 1. The molecule has 0 bridgehead atoms. The highest BCUT2D eigenvalue weighted by Gasteiger charge is 2.31. The van der Waals surface area contributed by atoms with Crippen LogP contribution in [0.1, 0.15) is 26.3 Å². The molecule has 1 N–H and O–H groups in total. The quantitative estimate of drug-likeness (QED) is 0.578. The average Bonchev–Trinajstić information content (AvgIpc) is 3.05. The first-order valence-corrected chi connectivity index (χ1v) is 8.64. The molecule has 0 saturated carbocycles. The summed E-state index contributed by atoms with van der Waals surface area (Å²) >= 11 is 0. The Morgan fingerprint density at radius 1 is 1.22 bits per heavy atom. The minimum absolute atomic E-state index is 0.00647. The van der Waals surface area contributed by atoms with E-state index >= 15 is 0 Å². The lowest BCUT2D eigenvalue weighted by molar-refractivity contribution is -0.153. The predicted octanol–water partition coefficient (Wildman–Crippen LogP) is 1.98. The number of ether oxygens (including phenoxy) is 3. The van der Waals surface area contributed by atoms with Crippen LogP contribution in [0.4, 0.5) is 4.79 Å². The molecule has 8 nitrogen and oxygen atoms in total. The summed E-state index contributed by atoms with van der Waals surface area (Å²) in [5.74, 6) is -0.0846. The summed E-state index contributed by atoms with van der Waals surface area (Å²) < 4.78 is 16.0. The molecule has 1 fully saturated rings. The Labute approximate surface area is 158 Å². The molecule has 1 atom stereocenters. The molecule has 3 amide bonds. The van der Waals surface area contributed by atoms with E-state index in [1.165, 1.54) is 20.1 Å². The molecule has 1 aliphatic rings. The molecule has 1 aromatic carbocycles. The smallest absolute Gasteiger partial charge is 0.331 e. The Morgan fingerprint density at radius 2 is 1.96 bits per heavy atom. The van der Waals surface area contributed by atoms with Gasteiger partial charge in [0.1, 0.15) is 0 Å². The first kappa shape index (κ1) is 20.3. The van der Waals surface area contributed by atoms with Crippen molar-refractivity contribution < 1.29 is 28.6 Å². The van der Waals surface area contributed by atoms with Crippen LogP contribution in [0, 0.1) is 0 Å². The van der Waals surface area contributed by atoms with Crippen molar-refractivity contribution in [1.82, 2.24) is 10.2 Å². The molecule has 0 aliphatic carbocycles. The zero-order valence-corrected chi connectivity index (χ0v) is 15.9. The third-order valence-corrected chi connectivity index (χ3v) is 3.73. The third kappa shape index (κ3) is 5.47. The van der Waals surface area contributed by atoms with Crippen molar-refractivity contribution in [3.05, 3.63) is 29.8 Å². The first-order valence-electron chi connectivity index (χ1n) is 8.64. The van der Waals surface area contributed by atoms with E-state index in [9.17, 15) is 14.4 Å². The molecule has 2 rings (SSSR count). The minimum Gasteiger partial charge on any atom is -0.493 e. The summed E-state index contributed by atoms with van der Waals surface area (Å²) in [6.07, 6.45) is 1.71. The highest BCUT2D eigenvalue weighted by molar-refractivity contribution is 5.99. The number of carbonyl (C=O) groups is 3. The molecule has 1 heterocycles. The monoisotopic (exact) mass is 376 g/mol. The van der Waals surface area contributed by atoms with Crippen LogP contribution in [-0.2, 0) is 14.3 Å². The molecular formula is C19H24N2O6. The van der Waals surface area contributed by atoms with Gasteiger partial charge in [0.25, 0.3) is 5.91 Å². The third-order valence-electron chi connectivity index (χ3n) is 3.73. The first-order chi connectivity index (χ1) is 12.8. The van der Waals surface area contributed by atoms with Crippen LogP contribution in [-0.4, -0.2) is 55.2 Å². The fourth-order valence-corrected chi connectivity index (χ4v) is 2.47. The topological polar surface area (TPSA) is 94.2 Å². The number of methoxy groups -OCH3 is 1. The lowest BCUT2D eigenvalue weighted by Gasteiger charge is -2.17. The van der Waals surface area contributed by atoms with Crippen LogP contribution in [0.15, 0.2) is 24.3 Å². The maximum atomic E-state index is 12.1. The van der Waals surface area contributed by atoms with Crippen LogP contribution in [0.2, 0.25) is 0 Å². The van der Waals surface area contributed by atoms with Gasteiger partial charge in [0.2, 0.25) is 0 Å². The van der Waals surface area contributed by atoms with Crippen LogP contribution in [0.25, 0.3) is 6.08 Å². The second kappa shape index (κ2) is 9.07. The van der Waals surface area contributed by atoms with Gasteiger partial charge in [-0.1, -0.05) is 6.07 Å². The SMILES string of the molecule is COc1cc(/C=C/C(=O)O[C@@H](C)C(=O)N2CCNC2=O)ccc1OC(C)C. The molecule has 0 spiro atoms. The molecule has 146 valence electrons. The lowest BCUT2D eigenvalue weighted by Crippen LogP contribution is -2.41. The maximum Gasteiger partial charge on any atom is 0.331 e. The number of nitrogens with zero attached hydrogens (tertiary/aromatic N) is 1. The van der Waals surface area contributed by atoms with Crippen molar-refractivity contribution in [2.75, 3.05) is 20.2 Å². The van der Waals surface area contributed by atoms with Gasteiger partial charge in [-0.25, -0.2) is 9.59 Å². The fourth-order valence-electron chi connectivity index (χ4n) is 2.47. The van der Waals surface area contributed by atoms with Crippen LogP contribution in [0.5, 0.6) is 11.5 Å². The van der Waals surface area contributed by atoms with Crippen LogP contribution >= 0.6 is 0 Å². The number of rotatable bonds is 7. The normalized spacial score (nSPS) is 15.0. The standard InChI is InChI=1S/C19H24N2O6/c1-12(2)26-15-7-5-14(11-16(15)25-4)6-8-17(22)27-13(3)18(23)21-10-9-20-19(21)24/h5-8,11-13H,9-10H2,1-4H3,(H,20,24)/b8-6+/t13-/m0/s1. The van der Waals surface area contributed by atoms with Crippen molar-refractivity contribution in [1.29, 1.82) is 0 Å². The Hall–Kier alpha value is -3.03. The van der Waals surface area contributed by atoms with E-state index in [-0.39, 0.29) is 12.6 Å². The summed E-state index contributed by atoms with van der Waals surface area (Å²) in [5.41, 5.74) is 0.706. The van der Waals surface area contributed by atoms with E-state index in [1.54, 1.807) is 24.3 Å². The molecule has 27 heavy (non-hydrogen) atoms. The summed E-state index contributed by atoms with van der Waals surface area (Å²) in [5, 5.41) is 2.52. The summed E-state index contributed by atoms with van der Waals surface area (Å²) in [7, 11) is 1.53. The van der Waals surface area contributed by atoms with Crippen molar-refractivity contribution in [2.45, 2.75) is 33.0 Å². The number of nitrogens with one attached hydrogen (secondary N) is 1. The molecule has 1 saturated heterocycles.